The minimum Gasteiger partial charge on any atom is -0.341 e. The van der Waals surface area contributed by atoms with Crippen molar-refractivity contribution >= 4 is 35.5 Å². The van der Waals surface area contributed by atoms with Crippen molar-refractivity contribution in [3.05, 3.63) is 111 Å². The summed E-state index contributed by atoms with van der Waals surface area (Å²) in [6.45, 7) is 14.8. The Labute approximate surface area is 251 Å². The molecular weight excluding hydrogens is 536 g/mol. The lowest BCUT2D eigenvalue weighted by atomic mass is 9.69. The predicted octanol–water partition coefficient (Wildman–Crippen LogP) is 5.07. The van der Waals surface area contributed by atoms with Crippen LogP contribution in [-0.4, -0.2) is 36.8 Å². The highest BCUT2D eigenvalue weighted by molar-refractivity contribution is 6.07. The van der Waals surface area contributed by atoms with Crippen LogP contribution < -0.4 is 10.7 Å². The van der Waals surface area contributed by atoms with Crippen LogP contribution in [0.4, 0.5) is 0 Å². The first-order valence-electron chi connectivity index (χ1n) is 14.1. The third-order valence-corrected chi connectivity index (χ3v) is 8.20. The molecule has 2 heterocycles. The molecule has 218 valence electrons. The molecule has 8 nitrogen and oxygen atoms in total. The first-order valence-corrected chi connectivity index (χ1v) is 14.1. The number of rotatable bonds is 6. The van der Waals surface area contributed by atoms with Crippen LogP contribution in [-0.2, 0) is 24.8 Å². The van der Waals surface area contributed by atoms with E-state index in [4.69, 9.17) is 0 Å². The molecular formula is C35H36N6O2. The zero-order valence-corrected chi connectivity index (χ0v) is 24.1. The quantitative estimate of drug-likeness (QED) is 0.224. The Morgan fingerprint density at radius 3 is 2.02 bits per heavy atom. The number of hydrogen-bond donors (Lipinski definition) is 1. The number of hydrogen-bond acceptors (Lipinski definition) is 6. The summed E-state index contributed by atoms with van der Waals surface area (Å²) in [4.78, 5) is 24.7. The summed E-state index contributed by atoms with van der Waals surface area (Å²) in [7, 11) is 0. The number of H-pyrrole nitrogens is 1. The summed E-state index contributed by atoms with van der Waals surface area (Å²) in [6.07, 6.45) is 1.79. The maximum Gasteiger partial charge on any atom is 0.262 e. The number of nitrogens with one attached hydrogen (secondary N) is 1. The van der Waals surface area contributed by atoms with E-state index in [1.54, 1.807) is 25.1 Å². The van der Waals surface area contributed by atoms with Crippen LogP contribution in [0.25, 0.3) is 23.9 Å². The van der Waals surface area contributed by atoms with Crippen LogP contribution in [0.3, 0.4) is 0 Å². The van der Waals surface area contributed by atoms with Crippen molar-refractivity contribution in [1.29, 1.82) is 5.26 Å². The number of aromatic amines is 1. The second-order valence-electron chi connectivity index (χ2n) is 10.2. The summed E-state index contributed by atoms with van der Waals surface area (Å²) in [6, 6.07) is 21.0. The standard InChI is InChI=1S/C32H26N6O2.C2H6.CH4/c1-19-26-6-4-5-7-27(26)20(2)38(19)15-14-32(31-34-36-37-35-31)28-12-10-22(21(3)39)16-23(28)8-9-24-17-25(30(40)18-33)11-13-29(24)32;1-2;/h4-7,10-13,16-17H,1-2,8-9,14-15H2,3H3,(H,34,35,36,37);1-2H3;1H4. The van der Waals surface area contributed by atoms with E-state index < -0.39 is 11.2 Å². The van der Waals surface area contributed by atoms with Crippen molar-refractivity contribution in [3.63, 3.8) is 0 Å². The number of carbonyl (C=O) groups excluding carboxylic acids is 2. The van der Waals surface area contributed by atoms with Crippen LogP contribution in [0, 0.1) is 11.3 Å². The predicted molar refractivity (Wildman–Crippen MR) is 169 cm³/mol. The Morgan fingerprint density at radius 2 is 1.51 bits per heavy atom. The first-order chi connectivity index (χ1) is 20.3. The van der Waals surface area contributed by atoms with Gasteiger partial charge < -0.3 is 4.57 Å². The fourth-order valence-corrected chi connectivity index (χ4v) is 6.23. The van der Waals surface area contributed by atoms with E-state index in [1.165, 1.54) is 0 Å². The van der Waals surface area contributed by atoms with Crippen molar-refractivity contribution in [3.8, 4) is 6.07 Å². The Kier molecular flexibility index (Phi) is 8.86. The van der Waals surface area contributed by atoms with Gasteiger partial charge >= 0.3 is 0 Å². The highest BCUT2D eigenvalue weighted by Gasteiger charge is 2.44. The molecule has 0 saturated carbocycles. The summed E-state index contributed by atoms with van der Waals surface area (Å²) >= 11 is 0. The van der Waals surface area contributed by atoms with E-state index in [-0.39, 0.29) is 13.2 Å². The third kappa shape index (κ3) is 5.08. The number of nitriles is 1. The fourth-order valence-electron chi connectivity index (χ4n) is 6.23. The lowest BCUT2D eigenvalue weighted by Gasteiger charge is -2.34. The van der Waals surface area contributed by atoms with E-state index in [1.807, 2.05) is 62.4 Å². The summed E-state index contributed by atoms with van der Waals surface area (Å²) < 4.78 is 2.12. The van der Waals surface area contributed by atoms with Crippen molar-refractivity contribution in [2.24, 2.45) is 0 Å². The van der Waals surface area contributed by atoms with Crippen LogP contribution in [0.2, 0.25) is 0 Å². The maximum absolute atomic E-state index is 12.3. The molecule has 1 aliphatic carbocycles. The molecule has 3 aromatic carbocycles. The van der Waals surface area contributed by atoms with Gasteiger partial charge in [-0.2, -0.15) is 10.5 Å². The molecule has 1 atom stereocenters. The number of fused-ring (bicyclic) bond motifs is 3. The van der Waals surface area contributed by atoms with Gasteiger partial charge in [0.2, 0.25) is 0 Å². The van der Waals surface area contributed by atoms with Crippen LogP contribution in [0.5, 0.6) is 0 Å². The van der Waals surface area contributed by atoms with Gasteiger partial charge in [0.05, 0.1) is 5.41 Å². The van der Waals surface area contributed by atoms with Crippen molar-refractivity contribution in [1.82, 2.24) is 25.2 Å². The minimum atomic E-state index is -0.868. The second kappa shape index (κ2) is 12.4. The third-order valence-electron chi connectivity index (χ3n) is 8.20. The second-order valence-corrected chi connectivity index (χ2v) is 10.2. The summed E-state index contributed by atoms with van der Waals surface area (Å²) in [5.41, 5.74) is 3.94. The number of aryl methyl sites for hydroxylation is 2. The molecule has 8 heteroatoms. The largest absolute Gasteiger partial charge is 0.341 e. The van der Waals surface area contributed by atoms with E-state index in [9.17, 15) is 14.9 Å². The van der Waals surface area contributed by atoms with Gasteiger partial charge in [-0.15, -0.1) is 10.2 Å². The number of benzene rings is 3. The molecule has 1 unspecified atom stereocenters. The van der Waals surface area contributed by atoms with Gasteiger partial charge in [-0.25, -0.2) is 0 Å². The topological polar surface area (TPSA) is 117 Å². The van der Waals surface area contributed by atoms with E-state index >= 15 is 0 Å². The highest BCUT2D eigenvalue weighted by Crippen LogP contribution is 2.46. The molecule has 0 spiro atoms. The summed E-state index contributed by atoms with van der Waals surface area (Å²) in [5.74, 6) is -0.116. The molecule has 2 aromatic heterocycles. The number of nitrogens with zero attached hydrogens (tertiary/aromatic N) is 5. The SMILES string of the molecule is C.C=c1c2ccccc2c(=C)n1CCC1(c2nn[nH]n2)c2ccc(C(C)=O)cc2CCc2cc(C(=O)C#N)ccc21.CC. The van der Waals surface area contributed by atoms with Crippen molar-refractivity contribution in [2.45, 2.75) is 59.4 Å². The van der Waals surface area contributed by atoms with Crippen molar-refractivity contribution < 1.29 is 9.59 Å². The molecule has 0 amide bonds. The lowest BCUT2D eigenvalue weighted by molar-refractivity contribution is 0.101. The van der Waals surface area contributed by atoms with Crippen LogP contribution in [0.1, 0.15) is 83.4 Å². The van der Waals surface area contributed by atoms with E-state index in [0.29, 0.717) is 42.8 Å². The van der Waals surface area contributed by atoms with Gasteiger partial charge in [-0.1, -0.05) is 82.1 Å². The molecule has 0 bridgehead atoms. The van der Waals surface area contributed by atoms with Gasteiger partial charge in [-0.3, -0.25) is 9.59 Å². The number of ketones is 2. The van der Waals surface area contributed by atoms with Gasteiger partial charge in [0.1, 0.15) is 6.07 Å². The molecule has 1 aliphatic rings. The number of aromatic nitrogens is 5. The normalized spacial score (nSPS) is 15.1. The Balaban J connectivity index is 0.00000138. The zero-order chi connectivity index (χ0) is 30.0. The smallest absolute Gasteiger partial charge is 0.262 e. The van der Waals surface area contributed by atoms with Crippen LogP contribution in [0.15, 0.2) is 60.7 Å². The lowest BCUT2D eigenvalue weighted by Crippen LogP contribution is -2.36. The fraction of sp³-hybridized carbons (Fsp3) is 0.257. The van der Waals surface area contributed by atoms with Crippen LogP contribution >= 0.6 is 0 Å². The first kappa shape index (κ1) is 30.8. The Bertz CT molecular complexity index is 1920. The van der Waals surface area contributed by atoms with Gasteiger partial charge in [0.15, 0.2) is 11.6 Å². The molecule has 43 heavy (non-hydrogen) atoms. The molecule has 6 rings (SSSR count). The van der Waals surface area contributed by atoms with Crippen molar-refractivity contribution in [2.75, 3.05) is 0 Å². The number of carbonyl (C=O) groups is 2. The number of tetrazole rings is 1. The molecule has 0 aliphatic heterocycles. The van der Waals surface area contributed by atoms with Gasteiger partial charge in [0.25, 0.3) is 5.78 Å². The Hall–Kier alpha value is -5.16. The Morgan fingerprint density at radius 1 is 0.953 bits per heavy atom. The molecule has 1 N–H and O–H groups in total. The molecule has 0 radical (unpaired) electrons. The number of Topliss-reactive ketones (excluding diaryl/α,β-unsaturated/α-hetero) is 2. The average Bonchev–Trinajstić information content (AvgIpc) is 3.62. The maximum atomic E-state index is 12.3. The molecule has 0 saturated heterocycles. The molecule has 5 aromatic rings. The van der Waals surface area contributed by atoms with Gasteiger partial charge in [-0.05, 0) is 66.6 Å². The summed E-state index contributed by atoms with van der Waals surface area (Å²) in [5, 5.41) is 28.7. The van der Waals surface area contributed by atoms with E-state index in [0.717, 1.165) is 43.7 Å². The monoisotopic (exact) mass is 572 g/mol. The molecule has 0 fully saturated rings. The van der Waals surface area contributed by atoms with Gasteiger partial charge in [0, 0.05) is 39.1 Å². The zero-order valence-electron chi connectivity index (χ0n) is 24.1. The average molecular weight is 573 g/mol. The highest BCUT2D eigenvalue weighted by atomic mass is 16.1. The van der Waals surface area contributed by atoms with E-state index in [2.05, 4.69) is 38.3 Å². The minimum absolute atomic E-state index is 0.